The number of benzene rings is 2. The van der Waals surface area contributed by atoms with Crippen LogP contribution in [0.3, 0.4) is 0 Å². The molecule has 5 nitrogen and oxygen atoms in total. The number of sulfonamides is 1. The van der Waals surface area contributed by atoms with Gasteiger partial charge in [-0.1, -0.05) is 37.3 Å². The Hall–Kier alpha value is -2.18. The van der Waals surface area contributed by atoms with Crippen molar-refractivity contribution in [2.75, 3.05) is 19.6 Å². The van der Waals surface area contributed by atoms with Gasteiger partial charge in [0.1, 0.15) is 0 Å². The molecule has 1 saturated heterocycles. The van der Waals surface area contributed by atoms with E-state index in [2.05, 4.69) is 6.92 Å². The van der Waals surface area contributed by atoms with Gasteiger partial charge in [-0.15, -0.1) is 0 Å². The maximum atomic E-state index is 12.8. The normalized spacial score (nSPS) is 16.1. The second-order valence-corrected chi connectivity index (χ2v) is 9.35. The minimum atomic E-state index is -3.49. The topological polar surface area (TPSA) is 57.7 Å². The number of nitrogens with zero attached hydrogens (tertiary/aromatic N) is 2. The van der Waals surface area contributed by atoms with Crippen LogP contribution >= 0.6 is 0 Å². The molecular formula is C22H28N2O3S. The van der Waals surface area contributed by atoms with E-state index in [1.165, 1.54) is 0 Å². The monoisotopic (exact) mass is 400 g/mol. The molecule has 0 aliphatic carbocycles. The van der Waals surface area contributed by atoms with Crippen LogP contribution in [-0.2, 0) is 16.6 Å². The highest BCUT2D eigenvalue weighted by Gasteiger charge is 2.28. The van der Waals surface area contributed by atoms with Crippen molar-refractivity contribution in [3.63, 3.8) is 0 Å². The highest BCUT2D eigenvalue weighted by atomic mass is 32.2. The molecular weight excluding hydrogens is 372 g/mol. The smallest absolute Gasteiger partial charge is 0.254 e. The van der Waals surface area contributed by atoms with Crippen molar-refractivity contribution in [3.8, 4) is 0 Å². The lowest BCUT2D eigenvalue weighted by Crippen LogP contribution is -2.37. The number of hydrogen-bond donors (Lipinski definition) is 0. The van der Waals surface area contributed by atoms with Gasteiger partial charge in [0.25, 0.3) is 5.91 Å². The van der Waals surface area contributed by atoms with Gasteiger partial charge < -0.3 is 4.90 Å². The van der Waals surface area contributed by atoms with Gasteiger partial charge in [0, 0.05) is 31.7 Å². The molecule has 1 fully saturated rings. The number of rotatable bonds is 6. The second-order valence-electron chi connectivity index (χ2n) is 7.42. The fourth-order valence-corrected chi connectivity index (χ4v) is 4.93. The molecule has 1 aliphatic heterocycles. The van der Waals surface area contributed by atoms with Crippen molar-refractivity contribution in [1.82, 2.24) is 9.21 Å². The molecule has 0 saturated carbocycles. The summed E-state index contributed by atoms with van der Waals surface area (Å²) in [6.45, 7) is 6.33. The molecule has 2 aromatic rings. The second kappa shape index (κ2) is 8.88. The number of carbonyl (C=O) groups is 1. The van der Waals surface area contributed by atoms with Crippen LogP contribution in [0.1, 0.15) is 42.6 Å². The molecule has 1 heterocycles. The van der Waals surface area contributed by atoms with Crippen LogP contribution in [0, 0.1) is 5.92 Å². The third kappa shape index (κ3) is 4.62. The summed E-state index contributed by atoms with van der Waals surface area (Å²) in [5.41, 5.74) is 1.57. The van der Waals surface area contributed by atoms with Crippen molar-refractivity contribution in [2.45, 2.75) is 38.1 Å². The zero-order valence-corrected chi connectivity index (χ0v) is 17.4. The third-order valence-electron chi connectivity index (χ3n) is 5.37. The quantitative estimate of drug-likeness (QED) is 0.742. The molecule has 0 atom stereocenters. The summed E-state index contributed by atoms with van der Waals surface area (Å²) >= 11 is 0. The molecule has 0 spiro atoms. The standard InChI is InChI=1S/C22H28N2O3S/c1-3-23(17-19-7-5-4-6-8-19)22(25)20-9-11-21(12-10-20)28(26,27)24-15-13-18(2)14-16-24/h4-12,18H,3,13-17H2,1-2H3. The number of hydrogen-bond acceptors (Lipinski definition) is 3. The highest BCUT2D eigenvalue weighted by Crippen LogP contribution is 2.24. The first-order valence-corrected chi connectivity index (χ1v) is 11.3. The number of piperidine rings is 1. The van der Waals surface area contributed by atoms with E-state index in [4.69, 9.17) is 0 Å². The van der Waals surface area contributed by atoms with Crippen LogP contribution in [0.2, 0.25) is 0 Å². The Balaban J connectivity index is 1.73. The van der Waals surface area contributed by atoms with Crippen LogP contribution in [0.15, 0.2) is 59.5 Å². The van der Waals surface area contributed by atoms with E-state index in [1.54, 1.807) is 33.5 Å². The molecule has 28 heavy (non-hydrogen) atoms. The lowest BCUT2D eigenvalue weighted by molar-refractivity contribution is 0.0752. The van der Waals surface area contributed by atoms with E-state index >= 15 is 0 Å². The molecule has 3 rings (SSSR count). The lowest BCUT2D eigenvalue weighted by atomic mass is 10.0. The fourth-order valence-electron chi connectivity index (χ4n) is 3.46. The predicted octanol–water partition coefficient (Wildman–Crippen LogP) is 3.77. The molecule has 0 N–H and O–H groups in total. The van der Waals surface area contributed by atoms with Gasteiger partial charge in [0.05, 0.1) is 4.90 Å². The van der Waals surface area contributed by atoms with Gasteiger partial charge >= 0.3 is 0 Å². The maximum Gasteiger partial charge on any atom is 0.254 e. The summed E-state index contributed by atoms with van der Waals surface area (Å²) in [7, 11) is -3.49. The summed E-state index contributed by atoms with van der Waals surface area (Å²) in [6, 6.07) is 16.2. The van der Waals surface area contributed by atoms with Crippen molar-refractivity contribution in [1.29, 1.82) is 0 Å². The van der Waals surface area contributed by atoms with Crippen molar-refractivity contribution in [3.05, 3.63) is 65.7 Å². The van der Waals surface area contributed by atoms with Gasteiger partial charge in [-0.3, -0.25) is 4.79 Å². The molecule has 150 valence electrons. The van der Waals surface area contributed by atoms with Crippen LogP contribution < -0.4 is 0 Å². The first kappa shape index (κ1) is 20.6. The Bertz CT molecular complexity index is 887. The molecule has 1 aliphatic rings. The van der Waals surface area contributed by atoms with Crippen LogP contribution in [-0.4, -0.2) is 43.2 Å². The first-order valence-electron chi connectivity index (χ1n) is 9.85. The number of amides is 1. The summed E-state index contributed by atoms with van der Waals surface area (Å²) in [6.07, 6.45) is 1.78. The lowest BCUT2D eigenvalue weighted by Gasteiger charge is -2.29. The summed E-state index contributed by atoms with van der Waals surface area (Å²) in [4.78, 5) is 14.9. The van der Waals surface area contributed by atoms with Gasteiger partial charge in [-0.25, -0.2) is 8.42 Å². The minimum Gasteiger partial charge on any atom is -0.335 e. The summed E-state index contributed by atoms with van der Waals surface area (Å²) < 4.78 is 27.2. The van der Waals surface area contributed by atoms with Crippen molar-refractivity contribution < 1.29 is 13.2 Å². The average molecular weight is 401 g/mol. The largest absolute Gasteiger partial charge is 0.335 e. The van der Waals surface area contributed by atoms with E-state index in [9.17, 15) is 13.2 Å². The van der Waals surface area contributed by atoms with Crippen molar-refractivity contribution in [2.24, 2.45) is 5.92 Å². The highest BCUT2D eigenvalue weighted by molar-refractivity contribution is 7.89. The Kier molecular flexibility index (Phi) is 6.52. The average Bonchev–Trinajstić information content (AvgIpc) is 2.72. The van der Waals surface area contributed by atoms with Crippen LogP contribution in [0.25, 0.3) is 0 Å². The van der Waals surface area contributed by atoms with E-state index in [0.717, 1.165) is 18.4 Å². The zero-order chi connectivity index (χ0) is 20.1. The third-order valence-corrected chi connectivity index (χ3v) is 7.28. The molecule has 0 bridgehead atoms. The molecule has 2 aromatic carbocycles. The Morgan fingerprint density at radius 2 is 1.64 bits per heavy atom. The van der Waals surface area contributed by atoms with Crippen LogP contribution in [0.4, 0.5) is 0 Å². The predicted molar refractivity (Wildman–Crippen MR) is 110 cm³/mol. The molecule has 0 aromatic heterocycles. The van der Waals surface area contributed by atoms with Gasteiger partial charge in [-0.2, -0.15) is 4.31 Å². The zero-order valence-electron chi connectivity index (χ0n) is 16.5. The van der Waals surface area contributed by atoms with E-state index in [1.807, 2.05) is 37.3 Å². The maximum absolute atomic E-state index is 12.8. The van der Waals surface area contributed by atoms with E-state index < -0.39 is 10.0 Å². The van der Waals surface area contributed by atoms with E-state index in [0.29, 0.717) is 37.7 Å². The Morgan fingerprint density at radius 3 is 2.21 bits per heavy atom. The Labute approximate surface area is 168 Å². The minimum absolute atomic E-state index is 0.0953. The molecule has 6 heteroatoms. The molecule has 0 unspecified atom stereocenters. The Morgan fingerprint density at radius 1 is 1.04 bits per heavy atom. The summed E-state index contributed by atoms with van der Waals surface area (Å²) in [5.74, 6) is 0.471. The van der Waals surface area contributed by atoms with E-state index in [-0.39, 0.29) is 10.8 Å². The SMILES string of the molecule is CCN(Cc1ccccc1)C(=O)c1ccc(S(=O)(=O)N2CCC(C)CC2)cc1. The van der Waals surface area contributed by atoms with Gasteiger partial charge in [0.2, 0.25) is 10.0 Å². The molecule has 1 amide bonds. The number of carbonyl (C=O) groups excluding carboxylic acids is 1. The summed E-state index contributed by atoms with van der Waals surface area (Å²) in [5, 5.41) is 0. The molecule has 0 radical (unpaired) electrons. The van der Waals surface area contributed by atoms with Crippen molar-refractivity contribution >= 4 is 15.9 Å². The fraction of sp³-hybridized carbons (Fsp3) is 0.409. The first-order chi connectivity index (χ1) is 13.4. The van der Waals surface area contributed by atoms with Gasteiger partial charge in [-0.05, 0) is 55.5 Å². The van der Waals surface area contributed by atoms with Crippen LogP contribution in [0.5, 0.6) is 0 Å². The van der Waals surface area contributed by atoms with Gasteiger partial charge in [0.15, 0.2) is 0 Å².